The van der Waals surface area contributed by atoms with Gasteiger partial charge >= 0.3 is 5.97 Å². The summed E-state index contributed by atoms with van der Waals surface area (Å²) in [5.41, 5.74) is 0.310. The molecule has 3 aromatic rings. The molecular formula is C19H16BrClN2O3. The summed E-state index contributed by atoms with van der Waals surface area (Å²) < 4.78 is 14.0. The zero-order valence-electron chi connectivity index (χ0n) is 13.7. The zero-order valence-corrected chi connectivity index (χ0v) is 16.1. The standard InChI is InChI=1S/C19H16BrClN2O3/c20-14-6-7-17(18(21)10-14)19(24)26-16(11-23-9-8-22-13-23)12-25-15-4-2-1-3-5-15/h1-10,13,16H,11-12H2. The summed E-state index contributed by atoms with van der Waals surface area (Å²) in [4.78, 5) is 16.5. The molecule has 0 saturated carbocycles. The summed E-state index contributed by atoms with van der Waals surface area (Å²) in [6, 6.07) is 14.4. The van der Waals surface area contributed by atoms with Crippen molar-refractivity contribution in [2.45, 2.75) is 12.6 Å². The molecule has 134 valence electrons. The van der Waals surface area contributed by atoms with Gasteiger partial charge in [0.25, 0.3) is 0 Å². The molecule has 0 amide bonds. The van der Waals surface area contributed by atoms with E-state index in [1.807, 2.05) is 34.9 Å². The van der Waals surface area contributed by atoms with Gasteiger partial charge in [-0.15, -0.1) is 0 Å². The third-order valence-electron chi connectivity index (χ3n) is 3.58. The highest BCUT2D eigenvalue weighted by atomic mass is 79.9. The number of halogens is 2. The Hall–Kier alpha value is -2.31. The zero-order chi connectivity index (χ0) is 18.4. The first-order valence-corrected chi connectivity index (χ1v) is 9.08. The van der Waals surface area contributed by atoms with Crippen LogP contribution >= 0.6 is 27.5 Å². The van der Waals surface area contributed by atoms with Gasteiger partial charge in [-0.05, 0) is 30.3 Å². The van der Waals surface area contributed by atoms with Crippen molar-refractivity contribution >= 4 is 33.5 Å². The predicted molar refractivity (Wildman–Crippen MR) is 103 cm³/mol. The number of imidazole rings is 1. The predicted octanol–water partition coefficient (Wildman–Crippen LogP) is 4.60. The number of nitrogens with zero attached hydrogens (tertiary/aromatic N) is 2. The summed E-state index contributed by atoms with van der Waals surface area (Å²) in [7, 11) is 0. The first-order chi connectivity index (χ1) is 12.6. The molecular weight excluding hydrogens is 420 g/mol. The number of aromatic nitrogens is 2. The van der Waals surface area contributed by atoms with E-state index in [9.17, 15) is 4.79 Å². The van der Waals surface area contributed by atoms with E-state index < -0.39 is 12.1 Å². The lowest BCUT2D eigenvalue weighted by atomic mass is 10.2. The van der Waals surface area contributed by atoms with Crippen LogP contribution in [-0.4, -0.2) is 28.2 Å². The van der Waals surface area contributed by atoms with Crippen LogP contribution in [0.25, 0.3) is 0 Å². The second kappa shape index (κ2) is 8.87. The van der Waals surface area contributed by atoms with Crippen LogP contribution in [0.4, 0.5) is 0 Å². The van der Waals surface area contributed by atoms with Crippen LogP contribution in [0.2, 0.25) is 5.02 Å². The molecule has 26 heavy (non-hydrogen) atoms. The minimum atomic E-state index is -0.503. The molecule has 1 unspecified atom stereocenters. The Bertz CT molecular complexity index is 856. The second-order valence-corrected chi connectivity index (χ2v) is 6.86. The highest BCUT2D eigenvalue weighted by Gasteiger charge is 2.20. The van der Waals surface area contributed by atoms with E-state index in [1.165, 1.54) is 0 Å². The van der Waals surface area contributed by atoms with Gasteiger partial charge in [0.1, 0.15) is 12.4 Å². The fraction of sp³-hybridized carbons (Fsp3) is 0.158. The Morgan fingerprint density at radius 2 is 2.04 bits per heavy atom. The molecule has 1 aromatic heterocycles. The second-order valence-electron chi connectivity index (χ2n) is 5.54. The number of carbonyl (C=O) groups excluding carboxylic acids is 1. The third-order valence-corrected chi connectivity index (χ3v) is 4.38. The topological polar surface area (TPSA) is 53.4 Å². The number of hydrogen-bond acceptors (Lipinski definition) is 4. The highest BCUT2D eigenvalue weighted by molar-refractivity contribution is 9.10. The lowest BCUT2D eigenvalue weighted by Crippen LogP contribution is -2.29. The van der Waals surface area contributed by atoms with Gasteiger partial charge in [-0.1, -0.05) is 45.7 Å². The van der Waals surface area contributed by atoms with E-state index in [1.54, 1.807) is 36.9 Å². The van der Waals surface area contributed by atoms with Crippen molar-refractivity contribution in [3.05, 3.63) is 82.3 Å². The summed E-state index contributed by atoms with van der Waals surface area (Å²) >= 11 is 9.47. The van der Waals surface area contributed by atoms with E-state index in [4.69, 9.17) is 21.1 Å². The normalized spacial score (nSPS) is 11.8. The summed E-state index contributed by atoms with van der Waals surface area (Å²) in [5.74, 6) is 0.213. The Morgan fingerprint density at radius 3 is 2.73 bits per heavy atom. The monoisotopic (exact) mass is 434 g/mol. The van der Waals surface area contributed by atoms with Crippen molar-refractivity contribution in [1.29, 1.82) is 0 Å². The van der Waals surface area contributed by atoms with Gasteiger partial charge in [0.05, 0.1) is 23.5 Å². The Morgan fingerprint density at radius 1 is 1.23 bits per heavy atom. The number of rotatable bonds is 7. The van der Waals surface area contributed by atoms with Crippen molar-refractivity contribution in [1.82, 2.24) is 9.55 Å². The molecule has 0 N–H and O–H groups in total. The maximum absolute atomic E-state index is 12.5. The van der Waals surface area contributed by atoms with Crippen LogP contribution in [-0.2, 0) is 11.3 Å². The van der Waals surface area contributed by atoms with Gasteiger partial charge in [-0.3, -0.25) is 0 Å². The van der Waals surface area contributed by atoms with Gasteiger partial charge in [-0.2, -0.15) is 0 Å². The molecule has 0 saturated heterocycles. The van der Waals surface area contributed by atoms with E-state index >= 15 is 0 Å². The van der Waals surface area contributed by atoms with Gasteiger partial charge in [0.15, 0.2) is 6.10 Å². The smallest absolute Gasteiger partial charge is 0.340 e. The summed E-state index contributed by atoms with van der Waals surface area (Å²) in [6.07, 6.45) is 4.63. The molecule has 0 fully saturated rings. The lowest BCUT2D eigenvalue weighted by Gasteiger charge is -2.19. The number of hydrogen-bond donors (Lipinski definition) is 0. The molecule has 2 aromatic carbocycles. The first-order valence-electron chi connectivity index (χ1n) is 7.91. The minimum Gasteiger partial charge on any atom is -0.490 e. The summed E-state index contributed by atoms with van der Waals surface area (Å²) in [6.45, 7) is 0.634. The minimum absolute atomic E-state index is 0.210. The van der Waals surface area contributed by atoms with Crippen LogP contribution in [0.5, 0.6) is 5.75 Å². The van der Waals surface area contributed by atoms with Crippen LogP contribution in [0.15, 0.2) is 71.7 Å². The Balaban J connectivity index is 1.70. The average Bonchev–Trinajstić information content (AvgIpc) is 3.13. The van der Waals surface area contributed by atoms with E-state index in [0.29, 0.717) is 22.9 Å². The molecule has 0 aliphatic carbocycles. The molecule has 3 rings (SSSR count). The van der Waals surface area contributed by atoms with Gasteiger partial charge in [-0.25, -0.2) is 9.78 Å². The average molecular weight is 436 g/mol. The highest BCUT2D eigenvalue weighted by Crippen LogP contribution is 2.22. The van der Waals surface area contributed by atoms with Gasteiger partial charge in [0, 0.05) is 16.9 Å². The quantitative estimate of drug-likeness (QED) is 0.509. The molecule has 1 heterocycles. The fourth-order valence-corrected chi connectivity index (χ4v) is 3.08. The van der Waals surface area contributed by atoms with Gasteiger partial charge in [0.2, 0.25) is 0 Å². The molecule has 1 atom stereocenters. The molecule has 0 aliphatic heterocycles. The molecule has 5 nitrogen and oxygen atoms in total. The maximum atomic E-state index is 12.5. The molecule has 0 spiro atoms. The van der Waals surface area contributed by atoms with Crippen LogP contribution < -0.4 is 4.74 Å². The molecule has 0 radical (unpaired) electrons. The third kappa shape index (κ3) is 5.09. The van der Waals surface area contributed by atoms with E-state index in [0.717, 1.165) is 4.47 Å². The largest absolute Gasteiger partial charge is 0.490 e. The number of carbonyl (C=O) groups is 1. The number of para-hydroxylation sites is 1. The number of ether oxygens (including phenoxy) is 2. The van der Waals surface area contributed by atoms with Gasteiger partial charge < -0.3 is 14.0 Å². The molecule has 0 aliphatic rings. The van der Waals surface area contributed by atoms with E-state index in [-0.39, 0.29) is 6.61 Å². The summed E-state index contributed by atoms with van der Waals surface area (Å²) in [5, 5.41) is 0.328. The van der Waals surface area contributed by atoms with Crippen LogP contribution in [0.1, 0.15) is 10.4 Å². The van der Waals surface area contributed by atoms with Crippen molar-refractivity contribution in [3.8, 4) is 5.75 Å². The Labute approximate surface area is 164 Å². The first kappa shape index (κ1) is 18.5. The lowest BCUT2D eigenvalue weighted by molar-refractivity contribution is 0.0125. The van der Waals surface area contributed by atoms with Crippen molar-refractivity contribution in [2.24, 2.45) is 0 Å². The Kier molecular flexibility index (Phi) is 6.30. The van der Waals surface area contributed by atoms with Crippen molar-refractivity contribution < 1.29 is 14.3 Å². The van der Waals surface area contributed by atoms with E-state index in [2.05, 4.69) is 20.9 Å². The SMILES string of the molecule is O=C(OC(COc1ccccc1)Cn1ccnc1)c1ccc(Br)cc1Cl. The van der Waals surface area contributed by atoms with Crippen LogP contribution in [0, 0.1) is 0 Å². The molecule has 7 heteroatoms. The number of esters is 1. The number of benzene rings is 2. The molecule has 0 bridgehead atoms. The fourth-order valence-electron chi connectivity index (χ4n) is 2.33. The van der Waals surface area contributed by atoms with Crippen molar-refractivity contribution in [3.63, 3.8) is 0 Å². The van der Waals surface area contributed by atoms with Crippen LogP contribution in [0.3, 0.4) is 0 Å². The van der Waals surface area contributed by atoms with Crippen molar-refractivity contribution in [2.75, 3.05) is 6.61 Å². The maximum Gasteiger partial charge on any atom is 0.340 e.